The van der Waals surface area contributed by atoms with Crippen LogP contribution in [0.5, 0.6) is 0 Å². The Morgan fingerprint density at radius 3 is 1.91 bits per heavy atom. The summed E-state index contributed by atoms with van der Waals surface area (Å²) in [5.74, 6) is -0.788. The summed E-state index contributed by atoms with van der Waals surface area (Å²) in [5.41, 5.74) is 1.58. The highest BCUT2D eigenvalue weighted by Gasteiger charge is 2.70. The van der Waals surface area contributed by atoms with E-state index in [2.05, 4.69) is 47.6 Å². The van der Waals surface area contributed by atoms with E-state index < -0.39 is 41.1 Å². The van der Waals surface area contributed by atoms with E-state index in [1.165, 1.54) is 23.8 Å². The minimum Gasteiger partial charge on any atom is -0.462 e. The number of hydrogen-bond donors (Lipinski definition) is 2. The molecule has 2 N–H and O–H groups in total. The van der Waals surface area contributed by atoms with Crippen molar-refractivity contribution >= 4 is 17.9 Å². The molecule has 0 bridgehead atoms. The Balaban J connectivity index is 1.57. The molecule has 5 rings (SSSR count). The molecule has 4 saturated carbocycles. The molecule has 8 heteroatoms. The van der Waals surface area contributed by atoms with E-state index in [1.54, 1.807) is 0 Å². The van der Waals surface area contributed by atoms with Crippen LogP contribution in [-0.2, 0) is 28.6 Å². The molecule has 8 nitrogen and oxygen atoms in total. The summed E-state index contributed by atoms with van der Waals surface area (Å²) in [6.45, 7) is 24.7. The Kier molecular flexibility index (Phi) is 11.5. The molecule has 0 aromatic heterocycles. The van der Waals surface area contributed by atoms with E-state index in [0.717, 1.165) is 48.8 Å². The van der Waals surface area contributed by atoms with Gasteiger partial charge in [-0.05, 0) is 132 Å². The van der Waals surface area contributed by atoms with E-state index in [9.17, 15) is 24.6 Å². The number of carbonyl (C=O) groups is 3. The Morgan fingerprint density at radius 2 is 1.32 bits per heavy atom. The molecule has 0 spiro atoms. The van der Waals surface area contributed by atoms with E-state index in [-0.39, 0.29) is 59.1 Å². The second-order valence-corrected chi connectivity index (χ2v) is 19.8. The first kappa shape index (κ1) is 41.5. The van der Waals surface area contributed by atoms with E-state index >= 15 is 0 Å². The molecule has 0 aromatic rings. The van der Waals surface area contributed by atoms with Crippen molar-refractivity contribution in [3.05, 3.63) is 46.6 Å². The third-order valence-corrected chi connectivity index (χ3v) is 15.1. The molecule has 5 aliphatic rings. The van der Waals surface area contributed by atoms with E-state index in [1.807, 2.05) is 41.5 Å². The molecule has 296 valence electrons. The fraction of sp³-hybridized carbons (Fsp3) is 0.756. The lowest BCUT2D eigenvalue weighted by atomic mass is 9.36. The van der Waals surface area contributed by atoms with Gasteiger partial charge in [0.1, 0.15) is 12.7 Å². The standard InChI is InChI=1S/C45H68O8/c1-26(2)19-37(48)51-24-44(12)34-16-15-31-30(42(34,10)18-17-35(44)46)13-14-32-33-22-41(8,9)29(7)40(53-39(50)21-28(5)6)45(33,36(47)23-43(31,32)11)25-52-38(49)20-27(3)4/h14,19-21,29-31,33-36,40,46-47H,13,15-18,22-25H2,1-12H3/t29-,30?,31?,33?,34?,35-,36+,40-,42+,43-,44+,45-/m0/s1. The van der Waals surface area contributed by atoms with Crippen molar-refractivity contribution in [2.45, 2.75) is 146 Å². The second-order valence-electron chi connectivity index (χ2n) is 19.8. The van der Waals surface area contributed by atoms with Gasteiger partial charge in [-0.15, -0.1) is 0 Å². The largest absolute Gasteiger partial charge is 0.462 e. The van der Waals surface area contributed by atoms with Crippen LogP contribution in [0.4, 0.5) is 0 Å². The summed E-state index contributed by atoms with van der Waals surface area (Å²) in [6.07, 6.45) is 10.3. The summed E-state index contributed by atoms with van der Waals surface area (Å²) in [6, 6.07) is 0. The van der Waals surface area contributed by atoms with Gasteiger partial charge in [-0.1, -0.05) is 69.9 Å². The van der Waals surface area contributed by atoms with Crippen molar-refractivity contribution in [2.75, 3.05) is 13.2 Å². The quantitative estimate of drug-likeness (QED) is 0.110. The van der Waals surface area contributed by atoms with Gasteiger partial charge in [0, 0.05) is 23.6 Å². The van der Waals surface area contributed by atoms with Crippen LogP contribution < -0.4 is 0 Å². The van der Waals surface area contributed by atoms with Crippen molar-refractivity contribution in [1.29, 1.82) is 0 Å². The van der Waals surface area contributed by atoms with Crippen molar-refractivity contribution < 1.29 is 38.8 Å². The monoisotopic (exact) mass is 736 g/mol. The number of carbonyl (C=O) groups excluding carboxylic acids is 3. The zero-order valence-corrected chi connectivity index (χ0v) is 34.6. The molecule has 5 aliphatic carbocycles. The molecule has 12 atom stereocenters. The molecule has 4 unspecified atom stereocenters. The van der Waals surface area contributed by atoms with Gasteiger partial charge in [0.25, 0.3) is 0 Å². The molecule has 0 heterocycles. The zero-order valence-electron chi connectivity index (χ0n) is 34.6. The average Bonchev–Trinajstić information content (AvgIpc) is 3.03. The van der Waals surface area contributed by atoms with Crippen LogP contribution in [0.1, 0.15) is 128 Å². The summed E-state index contributed by atoms with van der Waals surface area (Å²) in [5, 5.41) is 24.3. The van der Waals surface area contributed by atoms with Crippen LogP contribution in [0, 0.1) is 56.7 Å². The van der Waals surface area contributed by atoms with Crippen molar-refractivity contribution in [2.24, 2.45) is 56.7 Å². The predicted molar refractivity (Wildman–Crippen MR) is 206 cm³/mol. The maximum atomic E-state index is 13.4. The number of ether oxygens (including phenoxy) is 3. The first-order chi connectivity index (χ1) is 24.5. The average molecular weight is 737 g/mol. The van der Waals surface area contributed by atoms with E-state index in [4.69, 9.17) is 14.2 Å². The maximum absolute atomic E-state index is 13.4. The molecule has 0 saturated heterocycles. The molecule has 0 aromatic carbocycles. The van der Waals surface area contributed by atoms with Gasteiger partial charge in [-0.2, -0.15) is 0 Å². The fourth-order valence-corrected chi connectivity index (χ4v) is 12.2. The van der Waals surface area contributed by atoms with Gasteiger partial charge in [0.05, 0.1) is 24.2 Å². The number of esters is 3. The van der Waals surface area contributed by atoms with Crippen LogP contribution in [-0.4, -0.2) is 59.6 Å². The third-order valence-electron chi connectivity index (χ3n) is 15.1. The van der Waals surface area contributed by atoms with Crippen LogP contribution in [0.2, 0.25) is 0 Å². The molecule has 4 fully saturated rings. The summed E-state index contributed by atoms with van der Waals surface area (Å²) in [4.78, 5) is 39.2. The Labute approximate surface area is 318 Å². The number of aliphatic hydroxyl groups excluding tert-OH is 2. The van der Waals surface area contributed by atoms with Crippen LogP contribution in [0.15, 0.2) is 46.6 Å². The van der Waals surface area contributed by atoms with Crippen molar-refractivity contribution in [1.82, 2.24) is 0 Å². The minimum atomic E-state index is -1.02. The summed E-state index contributed by atoms with van der Waals surface area (Å²) < 4.78 is 18.3. The van der Waals surface area contributed by atoms with E-state index in [0.29, 0.717) is 18.8 Å². The Hall–Kier alpha value is -2.71. The first-order valence-electron chi connectivity index (χ1n) is 20.1. The SMILES string of the molecule is CC(C)=CC(=O)OC[C@@]12C(CC(C)(C)[C@@H](C)[C@@H]1OC(=O)C=C(C)C)C1=CCC3C(CCC4[C@]3(C)CC[C@H](O)[C@]4(C)COC(=O)C=C(C)C)[C@]1(C)C[C@H]2O. The minimum absolute atomic E-state index is 0.0440. The van der Waals surface area contributed by atoms with Gasteiger partial charge in [0.2, 0.25) is 0 Å². The highest BCUT2D eigenvalue weighted by Crippen LogP contribution is 2.72. The number of rotatable bonds is 8. The lowest BCUT2D eigenvalue weighted by Gasteiger charge is -2.69. The lowest BCUT2D eigenvalue weighted by Crippen LogP contribution is -2.69. The van der Waals surface area contributed by atoms with Gasteiger partial charge >= 0.3 is 17.9 Å². The molecule has 0 aliphatic heterocycles. The normalized spacial score (nSPS) is 41.1. The molecular formula is C45H68O8. The van der Waals surface area contributed by atoms with Crippen molar-refractivity contribution in [3.63, 3.8) is 0 Å². The Morgan fingerprint density at radius 1 is 0.755 bits per heavy atom. The number of hydrogen-bond acceptors (Lipinski definition) is 8. The van der Waals surface area contributed by atoms with Gasteiger partial charge in [-0.25, -0.2) is 14.4 Å². The molecule has 53 heavy (non-hydrogen) atoms. The highest BCUT2D eigenvalue weighted by molar-refractivity contribution is 5.83. The van der Waals surface area contributed by atoms with Gasteiger partial charge < -0.3 is 24.4 Å². The lowest BCUT2D eigenvalue weighted by molar-refractivity contribution is -0.240. The molecule has 0 amide bonds. The first-order valence-corrected chi connectivity index (χ1v) is 20.1. The van der Waals surface area contributed by atoms with Crippen LogP contribution >= 0.6 is 0 Å². The topological polar surface area (TPSA) is 119 Å². The highest BCUT2D eigenvalue weighted by atomic mass is 16.6. The summed E-state index contributed by atoms with van der Waals surface area (Å²) in [7, 11) is 0. The number of allylic oxidation sites excluding steroid dienone is 5. The third kappa shape index (κ3) is 7.25. The van der Waals surface area contributed by atoms with Gasteiger partial charge in [0.15, 0.2) is 0 Å². The summed E-state index contributed by atoms with van der Waals surface area (Å²) >= 11 is 0. The smallest absolute Gasteiger partial charge is 0.330 e. The predicted octanol–water partition coefficient (Wildman–Crippen LogP) is 8.46. The van der Waals surface area contributed by atoms with Crippen LogP contribution in [0.25, 0.3) is 0 Å². The number of fused-ring (bicyclic) bond motifs is 7. The maximum Gasteiger partial charge on any atom is 0.330 e. The Bertz CT molecular complexity index is 1570. The second kappa shape index (κ2) is 14.7. The fourth-order valence-electron chi connectivity index (χ4n) is 12.2. The zero-order chi connectivity index (χ0) is 39.5. The van der Waals surface area contributed by atoms with Crippen molar-refractivity contribution in [3.8, 4) is 0 Å². The van der Waals surface area contributed by atoms with Gasteiger partial charge in [-0.3, -0.25) is 0 Å². The molecular weight excluding hydrogens is 668 g/mol. The van der Waals surface area contributed by atoms with Crippen LogP contribution in [0.3, 0.4) is 0 Å². The molecule has 0 radical (unpaired) electrons. The number of aliphatic hydroxyl groups is 2.